The highest BCUT2D eigenvalue weighted by molar-refractivity contribution is 6.22. The van der Waals surface area contributed by atoms with Gasteiger partial charge in [-0.3, -0.25) is 34.0 Å². The van der Waals surface area contributed by atoms with Crippen molar-refractivity contribution in [3.8, 4) is 0 Å². The van der Waals surface area contributed by atoms with E-state index >= 15 is 0 Å². The molecule has 0 unspecified atom stereocenters. The fraction of sp³-hybridized carbons (Fsp3) is 0.477. The first-order valence-corrected chi connectivity index (χ1v) is 19.5. The Hall–Kier alpha value is -5.79. The Labute approximate surface area is 339 Å². The first kappa shape index (κ1) is 44.9. The highest BCUT2D eigenvalue weighted by atomic mass is 16.5. The zero-order valence-electron chi connectivity index (χ0n) is 35.4. The number of allylic oxidation sites excluding steroid dienone is 3. The first-order chi connectivity index (χ1) is 27.6. The minimum atomic E-state index is -0.448. The lowest BCUT2D eigenvalue weighted by atomic mass is 9.91. The average molecular weight is 801 g/mol. The second kappa shape index (κ2) is 20.6. The Morgan fingerprint density at radius 1 is 0.552 bits per heavy atom. The van der Waals surface area contributed by atoms with Crippen LogP contribution in [-0.2, 0) is 60.5 Å². The molecule has 2 aliphatic rings. The molecule has 0 fully saturated rings. The number of H-pyrrole nitrogens is 2. The molecule has 0 amide bonds. The molecule has 0 aromatic carbocycles. The predicted octanol–water partition coefficient (Wildman–Crippen LogP) is 6.94. The molecule has 0 aliphatic carbocycles. The molecule has 0 spiro atoms. The number of aromatic amines is 2. The maximum atomic E-state index is 13.2. The van der Waals surface area contributed by atoms with Gasteiger partial charge in [-0.25, -0.2) is 0 Å². The van der Waals surface area contributed by atoms with Crippen LogP contribution in [0, 0.1) is 27.7 Å². The van der Waals surface area contributed by atoms with Gasteiger partial charge in [0.25, 0.3) is 0 Å². The van der Waals surface area contributed by atoms with Gasteiger partial charge in [0.05, 0.1) is 64.3 Å². The van der Waals surface area contributed by atoms with Gasteiger partial charge in [-0.05, 0) is 124 Å². The van der Waals surface area contributed by atoms with Crippen molar-refractivity contribution in [1.29, 1.82) is 0 Å². The molecule has 2 aromatic rings. The van der Waals surface area contributed by atoms with Crippen molar-refractivity contribution < 1.29 is 47.7 Å². The Kier molecular flexibility index (Phi) is 15.9. The molecule has 0 radical (unpaired) electrons. The molecule has 312 valence electrons. The number of aliphatic imine (C=N–C) groups is 2. The second-order valence-corrected chi connectivity index (χ2v) is 14.2. The van der Waals surface area contributed by atoms with E-state index in [9.17, 15) is 24.0 Å². The van der Waals surface area contributed by atoms with Gasteiger partial charge in [0.15, 0.2) is 0 Å². The van der Waals surface area contributed by atoms with E-state index in [4.69, 9.17) is 33.7 Å². The summed E-state index contributed by atoms with van der Waals surface area (Å²) in [4.78, 5) is 79.5. The summed E-state index contributed by atoms with van der Waals surface area (Å²) in [5.41, 5.74) is 12.9. The monoisotopic (exact) mass is 800 g/mol. The van der Waals surface area contributed by atoms with Crippen LogP contribution < -0.4 is 0 Å². The summed E-state index contributed by atoms with van der Waals surface area (Å²) in [6.45, 7) is 11.8. The number of esters is 5. The minimum absolute atomic E-state index is 0.0425. The van der Waals surface area contributed by atoms with E-state index in [0.29, 0.717) is 53.2 Å². The zero-order chi connectivity index (χ0) is 42.7. The Balaban J connectivity index is 1.89. The van der Waals surface area contributed by atoms with Gasteiger partial charge in [-0.15, -0.1) is 0 Å². The van der Waals surface area contributed by atoms with Crippen LogP contribution in [0.3, 0.4) is 0 Å². The number of rotatable bonds is 19. The van der Waals surface area contributed by atoms with Crippen molar-refractivity contribution in [2.45, 2.75) is 106 Å². The van der Waals surface area contributed by atoms with Crippen LogP contribution in [0.4, 0.5) is 0 Å². The van der Waals surface area contributed by atoms with Crippen molar-refractivity contribution in [1.82, 2.24) is 9.97 Å². The van der Waals surface area contributed by atoms with Crippen LogP contribution in [0.15, 0.2) is 43.7 Å². The van der Waals surface area contributed by atoms with Gasteiger partial charge in [0.2, 0.25) is 0 Å². The summed E-state index contributed by atoms with van der Waals surface area (Å²) in [6, 6.07) is 0. The van der Waals surface area contributed by atoms with E-state index in [1.165, 1.54) is 28.4 Å². The highest BCUT2D eigenvalue weighted by Crippen LogP contribution is 2.38. The number of nitrogens with zero attached hydrogens (tertiary/aromatic N) is 2. The van der Waals surface area contributed by atoms with Gasteiger partial charge in [0, 0.05) is 54.9 Å². The van der Waals surface area contributed by atoms with Gasteiger partial charge in [-0.2, -0.15) is 0 Å². The van der Waals surface area contributed by atoms with Crippen molar-refractivity contribution in [2.75, 3.05) is 35.0 Å². The Morgan fingerprint density at radius 2 is 0.966 bits per heavy atom. The molecule has 2 aromatic heterocycles. The standard InChI is InChI=1S/C44H56N4O10/c1-11-58-44(53)20-33-32(15-19-43(52)57-10)38(22-36-30(13-17-41(50)55-8)25(3)28(6)46-36)48-39(33)23-37-31(14-18-42(51)56-9)26(4)34(47-37)21-35-29(12-16-40(49)54-7)24(2)27(5)45-35/h21-22,45-46H,11-20,23H2,1-10H3/b34-21+,38-22-. The van der Waals surface area contributed by atoms with Gasteiger partial charge in [0.1, 0.15) is 0 Å². The molecule has 14 nitrogen and oxygen atoms in total. The largest absolute Gasteiger partial charge is 0.469 e. The Bertz CT molecular complexity index is 2140. The molecule has 0 saturated heterocycles. The third kappa shape index (κ3) is 11.0. The summed E-state index contributed by atoms with van der Waals surface area (Å²) < 4.78 is 25.2. The van der Waals surface area contributed by atoms with Crippen LogP contribution in [0.25, 0.3) is 12.2 Å². The van der Waals surface area contributed by atoms with Crippen molar-refractivity contribution in [2.24, 2.45) is 9.98 Å². The lowest BCUT2D eigenvalue weighted by Gasteiger charge is -2.12. The molecular weight excluding hydrogens is 745 g/mol. The fourth-order valence-electron chi connectivity index (χ4n) is 7.24. The summed E-state index contributed by atoms with van der Waals surface area (Å²) in [5, 5.41) is 0. The van der Waals surface area contributed by atoms with Crippen LogP contribution in [0.5, 0.6) is 0 Å². The lowest BCUT2D eigenvalue weighted by molar-refractivity contribution is -0.142. The van der Waals surface area contributed by atoms with Crippen molar-refractivity contribution in [3.05, 3.63) is 78.7 Å². The van der Waals surface area contributed by atoms with Gasteiger partial charge < -0.3 is 33.7 Å². The molecule has 0 atom stereocenters. The number of hydrogen-bond donors (Lipinski definition) is 2. The number of hydrogen-bond acceptors (Lipinski definition) is 12. The van der Waals surface area contributed by atoms with E-state index in [1.54, 1.807) is 6.92 Å². The Morgan fingerprint density at radius 3 is 1.43 bits per heavy atom. The molecule has 4 rings (SSSR count). The number of aromatic nitrogens is 2. The molecular formula is C44H56N4O10. The van der Waals surface area contributed by atoms with E-state index in [2.05, 4.69) is 9.97 Å². The summed E-state index contributed by atoms with van der Waals surface area (Å²) in [6.07, 6.45) is 6.00. The van der Waals surface area contributed by atoms with Crippen LogP contribution in [0.1, 0.15) is 110 Å². The average Bonchev–Trinajstić information content (AvgIpc) is 3.86. The third-order valence-electron chi connectivity index (χ3n) is 10.8. The lowest BCUT2D eigenvalue weighted by Crippen LogP contribution is -2.15. The maximum Gasteiger partial charge on any atom is 0.310 e. The van der Waals surface area contributed by atoms with Crippen LogP contribution >= 0.6 is 0 Å². The summed E-state index contributed by atoms with van der Waals surface area (Å²) in [5.74, 6) is -1.86. The molecule has 4 heterocycles. The molecule has 2 N–H and O–H groups in total. The number of carbonyl (C=O) groups excluding carboxylic acids is 5. The SMILES string of the molecule is CCOC(=O)CC1=C(CCC(=O)OC)/C(=C/c2[nH]c(C)c(C)c2CCC(=O)OC)N=C1CC1=N/C(=C/c2[nH]c(C)c(C)c2CCC(=O)OC)C(C)=C1CCC(=O)OC. The molecule has 58 heavy (non-hydrogen) atoms. The first-order valence-electron chi connectivity index (χ1n) is 19.5. The highest BCUT2D eigenvalue weighted by Gasteiger charge is 2.31. The van der Waals surface area contributed by atoms with Crippen LogP contribution in [-0.4, -0.2) is 86.3 Å². The van der Waals surface area contributed by atoms with Crippen molar-refractivity contribution >= 4 is 53.4 Å². The third-order valence-corrected chi connectivity index (χ3v) is 10.8. The number of methoxy groups -OCH3 is 4. The number of carbonyl (C=O) groups is 5. The smallest absolute Gasteiger partial charge is 0.310 e. The summed E-state index contributed by atoms with van der Waals surface area (Å²) in [7, 11) is 5.40. The van der Waals surface area contributed by atoms with Gasteiger partial charge >= 0.3 is 29.8 Å². The second-order valence-electron chi connectivity index (χ2n) is 14.2. The quantitative estimate of drug-likeness (QED) is 0.111. The number of aryl methyl sites for hydroxylation is 2. The van der Waals surface area contributed by atoms with E-state index < -0.39 is 11.9 Å². The molecule has 14 heteroatoms. The minimum Gasteiger partial charge on any atom is -0.469 e. The van der Waals surface area contributed by atoms with Crippen LogP contribution in [0.2, 0.25) is 0 Å². The van der Waals surface area contributed by atoms with E-state index in [0.717, 1.165) is 56.2 Å². The number of nitrogens with one attached hydrogen (secondary N) is 2. The zero-order valence-corrected chi connectivity index (χ0v) is 35.4. The van der Waals surface area contributed by atoms with Crippen molar-refractivity contribution in [3.63, 3.8) is 0 Å². The van der Waals surface area contributed by atoms with E-state index in [-0.39, 0.29) is 69.5 Å². The summed E-state index contributed by atoms with van der Waals surface area (Å²) >= 11 is 0. The normalized spacial score (nSPS) is 15.3. The number of ether oxygens (including phenoxy) is 5. The maximum absolute atomic E-state index is 13.2. The molecule has 0 bridgehead atoms. The predicted molar refractivity (Wildman–Crippen MR) is 220 cm³/mol. The molecule has 2 aliphatic heterocycles. The molecule has 0 saturated carbocycles. The topological polar surface area (TPSA) is 188 Å². The fourth-order valence-corrected chi connectivity index (χ4v) is 7.24. The van der Waals surface area contributed by atoms with Gasteiger partial charge in [-0.1, -0.05) is 0 Å². The van der Waals surface area contributed by atoms with E-state index in [1.807, 2.05) is 46.8 Å².